The minimum absolute atomic E-state index is 0.0454. The largest absolute Gasteiger partial charge is 0.352 e. The second-order valence-corrected chi connectivity index (χ2v) is 7.24. The van der Waals surface area contributed by atoms with Gasteiger partial charge in [-0.25, -0.2) is 18.5 Å². The number of nitrogens with two attached hydrogens (primary N) is 1. The molecule has 3 rings (SSSR count). The second kappa shape index (κ2) is 7.06. The first-order valence-electron chi connectivity index (χ1n) is 7.72. The lowest BCUT2D eigenvalue weighted by molar-refractivity contribution is 0.0954. The van der Waals surface area contributed by atoms with Gasteiger partial charge in [0.1, 0.15) is 0 Å². The number of aromatic nitrogens is 2. The maximum absolute atomic E-state index is 12.2. The molecule has 8 nitrogen and oxygen atoms in total. The van der Waals surface area contributed by atoms with E-state index >= 15 is 0 Å². The maximum atomic E-state index is 12.2. The van der Waals surface area contributed by atoms with Crippen molar-refractivity contribution in [3.05, 3.63) is 70.1 Å². The number of fused-ring (bicyclic) bond motifs is 1. The van der Waals surface area contributed by atoms with Crippen LogP contribution in [0.25, 0.3) is 11.0 Å². The molecule has 1 heterocycles. The molecule has 26 heavy (non-hydrogen) atoms. The number of aromatic amines is 1. The van der Waals surface area contributed by atoms with Crippen molar-refractivity contribution in [3.8, 4) is 0 Å². The molecular weight excluding hydrogens is 356 g/mol. The third kappa shape index (κ3) is 4.13. The predicted octanol–water partition coefficient (Wildman–Crippen LogP) is 0.543. The van der Waals surface area contributed by atoms with Crippen LogP contribution in [0.4, 0.5) is 0 Å². The van der Waals surface area contributed by atoms with Crippen LogP contribution in [0.3, 0.4) is 0 Å². The van der Waals surface area contributed by atoms with Crippen molar-refractivity contribution in [2.45, 2.75) is 11.3 Å². The quantitative estimate of drug-likeness (QED) is 0.601. The number of hydrogen-bond acceptors (Lipinski definition) is 5. The second-order valence-electron chi connectivity index (χ2n) is 5.67. The lowest BCUT2D eigenvalue weighted by Crippen LogP contribution is -2.25. The molecule has 0 atom stereocenters. The van der Waals surface area contributed by atoms with Crippen LogP contribution in [-0.4, -0.2) is 30.8 Å². The van der Waals surface area contributed by atoms with Gasteiger partial charge in [0.05, 0.1) is 22.1 Å². The molecule has 0 aliphatic rings. The van der Waals surface area contributed by atoms with Crippen molar-refractivity contribution in [2.24, 2.45) is 5.14 Å². The minimum atomic E-state index is -3.71. The van der Waals surface area contributed by atoms with E-state index in [1.165, 1.54) is 18.3 Å². The SMILES string of the molecule is NS(=O)(=O)c1ccc(CCNC(=O)c2ccc3ncc(=O)[nH]c3c2)cc1. The van der Waals surface area contributed by atoms with Gasteiger partial charge in [-0.1, -0.05) is 12.1 Å². The van der Waals surface area contributed by atoms with Crippen molar-refractivity contribution in [3.63, 3.8) is 0 Å². The number of primary sulfonamides is 1. The summed E-state index contributed by atoms with van der Waals surface area (Å²) in [5.41, 5.74) is 2.02. The van der Waals surface area contributed by atoms with Crippen LogP contribution in [0, 0.1) is 0 Å². The molecule has 134 valence electrons. The third-order valence-corrected chi connectivity index (χ3v) is 4.72. The summed E-state index contributed by atoms with van der Waals surface area (Å²) in [4.78, 5) is 30.2. The van der Waals surface area contributed by atoms with Crippen LogP contribution in [0.1, 0.15) is 15.9 Å². The van der Waals surface area contributed by atoms with Gasteiger partial charge in [-0.2, -0.15) is 0 Å². The van der Waals surface area contributed by atoms with E-state index in [1.807, 2.05) is 0 Å². The highest BCUT2D eigenvalue weighted by Gasteiger charge is 2.08. The van der Waals surface area contributed by atoms with Crippen molar-refractivity contribution in [1.82, 2.24) is 15.3 Å². The molecule has 0 spiro atoms. The fourth-order valence-corrected chi connectivity index (χ4v) is 2.97. The highest BCUT2D eigenvalue weighted by atomic mass is 32.2. The van der Waals surface area contributed by atoms with Gasteiger partial charge in [-0.05, 0) is 42.3 Å². The van der Waals surface area contributed by atoms with Gasteiger partial charge in [0, 0.05) is 12.1 Å². The number of benzene rings is 2. The molecule has 3 aromatic rings. The van der Waals surface area contributed by atoms with Crippen LogP contribution in [-0.2, 0) is 16.4 Å². The van der Waals surface area contributed by atoms with Gasteiger partial charge in [-0.15, -0.1) is 0 Å². The summed E-state index contributed by atoms with van der Waals surface area (Å²) in [5, 5.41) is 7.83. The van der Waals surface area contributed by atoms with Crippen LogP contribution >= 0.6 is 0 Å². The molecular formula is C17H16N4O4S. The molecule has 1 aromatic heterocycles. The number of rotatable bonds is 5. The van der Waals surface area contributed by atoms with Gasteiger partial charge < -0.3 is 10.3 Å². The standard InChI is InChI=1S/C17H16N4O4S/c18-26(24,25)13-4-1-11(2-5-13)7-8-19-17(23)12-3-6-14-15(9-12)21-16(22)10-20-14/h1-6,9-10H,7-8H2,(H,19,23)(H,21,22)(H2,18,24,25). The Morgan fingerprint density at radius 3 is 2.58 bits per heavy atom. The lowest BCUT2D eigenvalue weighted by Gasteiger charge is -2.07. The van der Waals surface area contributed by atoms with E-state index in [1.54, 1.807) is 30.3 Å². The molecule has 0 saturated carbocycles. The average molecular weight is 372 g/mol. The molecule has 0 bridgehead atoms. The number of carbonyl (C=O) groups excluding carboxylic acids is 1. The Kier molecular flexibility index (Phi) is 4.83. The molecule has 9 heteroatoms. The summed E-state index contributed by atoms with van der Waals surface area (Å²) < 4.78 is 22.4. The smallest absolute Gasteiger partial charge is 0.266 e. The summed E-state index contributed by atoms with van der Waals surface area (Å²) in [6.45, 7) is 0.370. The Hall–Kier alpha value is -3.04. The summed E-state index contributed by atoms with van der Waals surface area (Å²) in [6, 6.07) is 11.0. The maximum Gasteiger partial charge on any atom is 0.266 e. The van der Waals surface area contributed by atoms with Crippen LogP contribution in [0.15, 0.2) is 58.4 Å². The summed E-state index contributed by atoms with van der Waals surface area (Å²) >= 11 is 0. The van der Waals surface area contributed by atoms with E-state index in [0.29, 0.717) is 29.6 Å². The van der Waals surface area contributed by atoms with Crippen molar-refractivity contribution in [1.29, 1.82) is 0 Å². The summed E-state index contributed by atoms with van der Waals surface area (Å²) in [7, 11) is -3.71. The van der Waals surface area contributed by atoms with Crippen LogP contribution in [0.5, 0.6) is 0 Å². The number of hydrogen-bond donors (Lipinski definition) is 3. The third-order valence-electron chi connectivity index (χ3n) is 3.79. The van der Waals surface area contributed by atoms with E-state index in [2.05, 4.69) is 15.3 Å². The van der Waals surface area contributed by atoms with Gasteiger partial charge in [0.2, 0.25) is 10.0 Å². The highest BCUT2D eigenvalue weighted by Crippen LogP contribution is 2.11. The average Bonchev–Trinajstić information content (AvgIpc) is 2.60. The molecule has 0 unspecified atom stereocenters. The molecule has 1 amide bonds. The molecule has 0 aliphatic heterocycles. The van der Waals surface area contributed by atoms with Crippen LogP contribution < -0.4 is 16.0 Å². The van der Waals surface area contributed by atoms with Gasteiger partial charge in [0.15, 0.2) is 0 Å². The molecule has 0 radical (unpaired) electrons. The number of sulfonamides is 1. The zero-order chi connectivity index (χ0) is 18.7. The molecule has 2 aromatic carbocycles. The van der Waals surface area contributed by atoms with Crippen LogP contribution in [0.2, 0.25) is 0 Å². The molecule has 0 saturated heterocycles. The highest BCUT2D eigenvalue weighted by molar-refractivity contribution is 7.89. The van der Waals surface area contributed by atoms with Gasteiger partial charge in [0.25, 0.3) is 11.5 Å². The number of H-pyrrole nitrogens is 1. The number of carbonyl (C=O) groups is 1. The lowest BCUT2D eigenvalue weighted by atomic mass is 10.1. The first kappa shape index (κ1) is 17.8. The Bertz CT molecular complexity index is 1120. The fraction of sp³-hybridized carbons (Fsp3) is 0.118. The van der Waals surface area contributed by atoms with E-state index in [-0.39, 0.29) is 16.4 Å². The van der Waals surface area contributed by atoms with E-state index in [0.717, 1.165) is 5.56 Å². The predicted molar refractivity (Wildman–Crippen MR) is 96.2 cm³/mol. The Labute approximate surface area is 149 Å². The zero-order valence-corrected chi connectivity index (χ0v) is 14.4. The number of nitrogens with zero attached hydrogens (tertiary/aromatic N) is 1. The first-order chi connectivity index (χ1) is 12.3. The van der Waals surface area contributed by atoms with Gasteiger partial charge >= 0.3 is 0 Å². The topological polar surface area (TPSA) is 135 Å². The summed E-state index contributed by atoms with van der Waals surface area (Å²) in [6.07, 6.45) is 1.71. The minimum Gasteiger partial charge on any atom is -0.352 e. The van der Waals surface area contributed by atoms with Crippen molar-refractivity contribution < 1.29 is 13.2 Å². The van der Waals surface area contributed by atoms with Crippen molar-refractivity contribution >= 4 is 27.0 Å². The fourth-order valence-electron chi connectivity index (χ4n) is 2.45. The zero-order valence-electron chi connectivity index (χ0n) is 13.6. The number of nitrogens with one attached hydrogen (secondary N) is 2. The van der Waals surface area contributed by atoms with Gasteiger partial charge in [-0.3, -0.25) is 9.59 Å². The van der Waals surface area contributed by atoms with Crippen molar-refractivity contribution in [2.75, 3.05) is 6.54 Å². The summed E-state index contributed by atoms with van der Waals surface area (Å²) in [5.74, 6) is -0.280. The number of amides is 1. The van der Waals surface area contributed by atoms with E-state index in [4.69, 9.17) is 5.14 Å². The Balaban J connectivity index is 1.63. The monoisotopic (exact) mass is 372 g/mol. The molecule has 4 N–H and O–H groups in total. The molecule has 0 fully saturated rings. The Morgan fingerprint density at radius 1 is 1.15 bits per heavy atom. The van der Waals surface area contributed by atoms with E-state index < -0.39 is 10.0 Å². The normalized spacial score (nSPS) is 11.4. The van der Waals surface area contributed by atoms with E-state index in [9.17, 15) is 18.0 Å². The first-order valence-corrected chi connectivity index (χ1v) is 9.26. The Morgan fingerprint density at radius 2 is 1.88 bits per heavy atom. The molecule has 0 aliphatic carbocycles.